The molecule has 0 N–H and O–H groups in total. The van der Waals surface area contributed by atoms with Crippen LogP contribution in [0.25, 0.3) is 0 Å². The van der Waals surface area contributed by atoms with Crippen molar-refractivity contribution >= 4 is 11.6 Å². The van der Waals surface area contributed by atoms with Gasteiger partial charge in [-0.05, 0) is 18.2 Å². The molecular formula is C12H13FO3. The standard InChI is InChI=1S/C12H13FO3/c1-3-9(14)7-11(15)10-6-8(13)4-5-12(10)16-2/h4-6H,3,7H2,1-2H3. The molecular weight excluding hydrogens is 211 g/mol. The highest BCUT2D eigenvalue weighted by Crippen LogP contribution is 2.21. The largest absolute Gasteiger partial charge is 0.496 e. The van der Waals surface area contributed by atoms with Crippen molar-refractivity contribution in [2.24, 2.45) is 0 Å². The Kier molecular flexibility index (Phi) is 4.17. The summed E-state index contributed by atoms with van der Waals surface area (Å²) in [5.41, 5.74) is 0.115. The van der Waals surface area contributed by atoms with Crippen LogP contribution in [-0.2, 0) is 4.79 Å². The quantitative estimate of drug-likeness (QED) is 0.569. The monoisotopic (exact) mass is 224 g/mol. The Labute approximate surface area is 93.2 Å². The van der Waals surface area contributed by atoms with Gasteiger partial charge >= 0.3 is 0 Å². The highest BCUT2D eigenvalue weighted by atomic mass is 19.1. The molecule has 0 spiro atoms. The zero-order valence-corrected chi connectivity index (χ0v) is 9.25. The molecule has 0 atom stereocenters. The van der Waals surface area contributed by atoms with Crippen LogP contribution in [0.4, 0.5) is 4.39 Å². The van der Waals surface area contributed by atoms with Gasteiger partial charge < -0.3 is 4.74 Å². The second-order valence-electron chi connectivity index (χ2n) is 3.34. The molecule has 1 aromatic rings. The summed E-state index contributed by atoms with van der Waals surface area (Å²) >= 11 is 0. The summed E-state index contributed by atoms with van der Waals surface area (Å²) in [5.74, 6) is -0.817. The molecule has 0 heterocycles. The fourth-order valence-corrected chi connectivity index (χ4v) is 1.30. The average Bonchev–Trinajstić information content (AvgIpc) is 2.28. The number of hydrogen-bond donors (Lipinski definition) is 0. The highest BCUT2D eigenvalue weighted by Gasteiger charge is 2.15. The van der Waals surface area contributed by atoms with Gasteiger partial charge in [-0.1, -0.05) is 6.92 Å². The molecule has 0 aromatic heterocycles. The lowest BCUT2D eigenvalue weighted by Crippen LogP contribution is -2.08. The molecule has 0 unspecified atom stereocenters. The van der Waals surface area contributed by atoms with Crippen molar-refractivity contribution in [2.75, 3.05) is 7.11 Å². The zero-order valence-electron chi connectivity index (χ0n) is 9.25. The van der Waals surface area contributed by atoms with Crippen LogP contribution in [0.5, 0.6) is 5.75 Å². The summed E-state index contributed by atoms with van der Waals surface area (Å²) in [7, 11) is 1.39. The molecule has 86 valence electrons. The van der Waals surface area contributed by atoms with Gasteiger partial charge in [0.15, 0.2) is 5.78 Å². The molecule has 1 aromatic carbocycles. The lowest BCUT2D eigenvalue weighted by Gasteiger charge is -2.06. The van der Waals surface area contributed by atoms with Crippen LogP contribution in [0.3, 0.4) is 0 Å². The van der Waals surface area contributed by atoms with Crippen LogP contribution in [0.2, 0.25) is 0 Å². The van der Waals surface area contributed by atoms with E-state index in [0.717, 1.165) is 6.07 Å². The topological polar surface area (TPSA) is 43.4 Å². The van der Waals surface area contributed by atoms with Gasteiger partial charge in [0, 0.05) is 6.42 Å². The Hall–Kier alpha value is -1.71. The molecule has 0 saturated carbocycles. The number of carbonyl (C=O) groups is 2. The van der Waals surface area contributed by atoms with E-state index >= 15 is 0 Å². The molecule has 1 rings (SSSR count). The number of benzene rings is 1. The molecule has 0 radical (unpaired) electrons. The number of Topliss-reactive ketones (excluding diaryl/α,β-unsaturated/α-hetero) is 2. The Balaban J connectivity index is 2.97. The normalized spacial score (nSPS) is 9.94. The van der Waals surface area contributed by atoms with Gasteiger partial charge in [0.25, 0.3) is 0 Å². The molecule has 0 amide bonds. The predicted octanol–water partition coefficient (Wildman–Crippen LogP) is 2.39. The Bertz CT molecular complexity index is 413. The summed E-state index contributed by atoms with van der Waals surface area (Å²) < 4.78 is 17.9. The van der Waals surface area contributed by atoms with Crippen LogP contribution in [0, 0.1) is 5.82 Å². The summed E-state index contributed by atoms with van der Waals surface area (Å²) in [4.78, 5) is 22.8. The molecule has 0 aliphatic carbocycles. The van der Waals surface area contributed by atoms with E-state index in [-0.39, 0.29) is 23.5 Å². The van der Waals surface area contributed by atoms with Crippen molar-refractivity contribution in [1.82, 2.24) is 0 Å². The second kappa shape index (κ2) is 5.39. The maximum absolute atomic E-state index is 13.0. The van der Waals surface area contributed by atoms with Gasteiger partial charge in [-0.2, -0.15) is 0 Å². The summed E-state index contributed by atoms with van der Waals surface area (Å²) in [6.07, 6.45) is 0.0830. The first-order chi connectivity index (χ1) is 7.58. The van der Waals surface area contributed by atoms with Gasteiger partial charge in [-0.25, -0.2) is 4.39 Å². The van der Waals surface area contributed by atoms with E-state index in [9.17, 15) is 14.0 Å². The van der Waals surface area contributed by atoms with E-state index in [1.165, 1.54) is 19.2 Å². The first kappa shape index (κ1) is 12.4. The minimum atomic E-state index is -0.520. The number of carbonyl (C=O) groups excluding carboxylic acids is 2. The molecule has 4 heteroatoms. The van der Waals surface area contributed by atoms with Crippen molar-refractivity contribution in [3.05, 3.63) is 29.6 Å². The maximum atomic E-state index is 13.0. The molecule has 0 saturated heterocycles. The molecule has 0 aliphatic heterocycles. The number of ketones is 2. The minimum absolute atomic E-state index is 0.115. The van der Waals surface area contributed by atoms with Gasteiger partial charge in [0.05, 0.1) is 19.1 Å². The summed E-state index contributed by atoms with van der Waals surface area (Å²) in [5, 5.41) is 0. The Morgan fingerprint density at radius 3 is 2.62 bits per heavy atom. The van der Waals surface area contributed by atoms with E-state index < -0.39 is 11.6 Å². The van der Waals surface area contributed by atoms with Crippen molar-refractivity contribution in [1.29, 1.82) is 0 Å². The lowest BCUT2D eigenvalue weighted by atomic mass is 10.0. The van der Waals surface area contributed by atoms with Gasteiger partial charge in [-0.3, -0.25) is 9.59 Å². The van der Waals surface area contributed by atoms with E-state index in [1.54, 1.807) is 6.92 Å². The van der Waals surface area contributed by atoms with Crippen molar-refractivity contribution in [3.8, 4) is 5.75 Å². The van der Waals surface area contributed by atoms with E-state index in [4.69, 9.17) is 4.74 Å². The van der Waals surface area contributed by atoms with Crippen molar-refractivity contribution in [2.45, 2.75) is 19.8 Å². The van der Waals surface area contributed by atoms with Crippen LogP contribution in [0.15, 0.2) is 18.2 Å². The zero-order chi connectivity index (χ0) is 12.1. The lowest BCUT2D eigenvalue weighted by molar-refractivity contribution is -0.117. The van der Waals surface area contributed by atoms with Crippen LogP contribution in [0.1, 0.15) is 30.1 Å². The third-order valence-corrected chi connectivity index (χ3v) is 2.21. The SMILES string of the molecule is CCC(=O)CC(=O)c1cc(F)ccc1OC. The first-order valence-corrected chi connectivity index (χ1v) is 4.97. The van der Waals surface area contributed by atoms with Crippen molar-refractivity contribution in [3.63, 3.8) is 0 Å². The number of ether oxygens (including phenoxy) is 1. The third kappa shape index (κ3) is 2.89. The molecule has 0 bridgehead atoms. The van der Waals surface area contributed by atoms with Gasteiger partial charge in [0.2, 0.25) is 0 Å². The van der Waals surface area contributed by atoms with Crippen LogP contribution in [-0.4, -0.2) is 18.7 Å². The number of hydrogen-bond acceptors (Lipinski definition) is 3. The second-order valence-corrected chi connectivity index (χ2v) is 3.34. The average molecular weight is 224 g/mol. The number of halogens is 1. The fourth-order valence-electron chi connectivity index (χ4n) is 1.30. The maximum Gasteiger partial charge on any atom is 0.174 e. The van der Waals surface area contributed by atoms with Gasteiger partial charge in [-0.15, -0.1) is 0 Å². The van der Waals surface area contributed by atoms with Crippen LogP contribution >= 0.6 is 0 Å². The summed E-state index contributed by atoms with van der Waals surface area (Å²) in [6, 6.07) is 3.67. The van der Waals surface area contributed by atoms with E-state index in [2.05, 4.69) is 0 Å². The predicted molar refractivity (Wildman–Crippen MR) is 57.2 cm³/mol. The third-order valence-electron chi connectivity index (χ3n) is 2.21. The smallest absolute Gasteiger partial charge is 0.174 e. The van der Waals surface area contributed by atoms with Crippen molar-refractivity contribution < 1.29 is 18.7 Å². The van der Waals surface area contributed by atoms with Gasteiger partial charge in [0.1, 0.15) is 17.3 Å². The minimum Gasteiger partial charge on any atom is -0.496 e. The molecule has 0 aliphatic rings. The number of rotatable bonds is 5. The van der Waals surface area contributed by atoms with E-state index in [0.29, 0.717) is 6.42 Å². The Morgan fingerprint density at radius 1 is 1.38 bits per heavy atom. The summed E-state index contributed by atoms with van der Waals surface area (Å²) in [6.45, 7) is 1.68. The number of methoxy groups -OCH3 is 1. The molecule has 0 fully saturated rings. The first-order valence-electron chi connectivity index (χ1n) is 4.97. The van der Waals surface area contributed by atoms with E-state index in [1.807, 2.05) is 0 Å². The highest BCUT2D eigenvalue weighted by molar-refractivity contribution is 6.09. The fraction of sp³-hybridized carbons (Fsp3) is 0.333. The van der Waals surface area contributed by atoms with Crippen LogP contribution < -0.4 is 4.74 Å². The molecule has 16 heavy (non-hydrogen) atoms. The Morgan fingerprint density at radius 2 is 2.06 bits per heavy atom. The molecule has 3 nitrogen and oxygen atoms in total.